The number of carbonyl (C=O) groups is 3. The zero-order valence-corrected chi connectivity index (χ0v) is 23.1. The number of hydrogen-bond acceptors (Lipinski definition) is 7. The van der Waals surface area contributed by atoms with E-state index in [1.165, 1.54) is 0 Å². The molecule has 2 aromatic carbocycles. The summed E-state index contributed by atoms with van der Waals surface area (Å²) < 4.78 is 5.24. The van der Waals surface area contributed by atoms with E-state index in [9.17, 15) is 14.4 Å². The monoisotopic (exact) mass is 561 g/mol. The van der Waals surface area contributed by atoms with E-state index < -0.39 is 29.4 Å². The van der Waals surface area contributed by atoms with Crippen LogP contribution < -0.4 is 0 Å². The molecule has 0 spiro atoms. The standard InChI is InChI=1S/C27H29Cl2N3O6/c1-5-31-26(35)23(14-37-31)32(24(33)15-36-6-2)25(34)21-8-7-17(9-16(21)3)22-13-27(4,38-30-22)18-10-19(28)12-20(29)11-18/h7-12,23H,5-6,13-15H2,1-4H3/t23-,27?/m1/s1. The Morgan fingerprint density at radius 2 is 1.89 bits per heavy atom. The average Bonchev–Trinajstić information content (AvgIpc) is 3.45. The number of rotatable bonds is 8. The van der Waals surface area contributed by atoms with Crippen LogP contribution in [0.4, 0.5) is 0 Å². The smallest absolute Gasteiger partial charge is 0.271 e. The number of hydrogen-bond donors (Lipinski definition) is 0. The van der Waals surface area contributed by atoms with Crippen LogP contribution in [-0.2, 0) is 29.6 Å². The topological polar surface area (TPSA) is 97.7 Å². The van der Waals surface area contributed by atoms with Gasteiger partial charge in [-0.05, 0) is 69.2 Å². The predicted octanol–water partition coefficient (Wildman–Crippen LogP) is 4.51. The summed E-state index contributed by atoms with van der Waals surface area (Å²) >= 11 is 12.4. The lowest BCUT2D eigenvalue weighted by Gasteiger charge is -2.25. The Labute approximate surface area is 231 Å². The van der Waals surface area contributed by atoms with Gasteiger partial charge in [-0.25, -0.2) is 5.06 Å². The highest BCUT2D eigenvalue weighted by atomic mass is 35.5. The normalized spacial score (nSPS) is 20.9. The Bertz CT molecular complexity index is 1280. The first-order valence-corrected chi connectivity index (χ1v) is 13.0. The SMILES string of the molecule is CCOCC(=O)N(C(=O)c1ccc(C2=NOC(C)(c3cc(Cl)cc(Cl)c3)C2)cc1C)[C@@H]1CON(CC)C1=O. The van der Waals surface area contributed by atoms with Crippen molar-refractivity contribution in [3.63, 3.8) is 0 Å². The maximum atomic E-state index is 13.6. The van der Waals surface area contributed by atoms with Crippen molar-refractivity contribution >= 4 is 46.6 Å². The van der Waals surface area contributed by atoms with Gasteiger partial charge < -0.3 is 9.57 Å². The maximum absolute atomic E-state index is 13.6. The minimum Gasteiger partial charge on any atom is -0.384 e. The third kappa shape index (κ3) is 5.56. The number of amides is 3. The summed E-state index contributed by atoms with van der Waals surface area (Å²) in [7, 11) is 0. The number of benzene rings is 2. The molecule has 11 heteroatoms. The van der Waals surface area contributed by atoms with Crippen LogP contribution >= 0.6 is 23.2 Å². The number of ether oxygens (including phenoxy) is 1. The molecule has 38 heavy (non-hydrogen) atoms. The second-order valence-corrected chi connectivity index (χ2v) is 10.1. The molecule has 9 nitrogen and oxygen atoms in total. The van der Waals surface area contributed by atoms with Gasteiger partial charge in [-0.1, -0.05) is 34.4 Å². The predicted molar refractivity (Wildman–Crippen MR) is 142 cm³/mol. The van der Waals surface area contributed by atoms with E-state index in [-0.39, 0.29) is 18.8 Å². The second kappa shape index (κ2) is 11.4. The highest BCUT2D eigenvalue weighted by Crippen LogP contribution is 2.38. The molecule has 0 aliphatic carbocycles. The fourth-order valence-corrected chi connectivity index (χ4v) is 5.03. The zero-order valence-electron chi connectivity index (χ0n) is 21.6. The molecule has 202 valence electrons. The van der Waals surface area contributed by atoms with Gasteiger partial charge in [0.05, 0.1) is 5.71 Å². The van der Waals surface area contributed by atoms with Crippen molar-refractivity contribution in [3.8, 4) is 0 Å². The summed E-state index contributed by atoms with van der Waals surface area (Å²) in [4.78, 5) is 51.6. The zero-order chi connectivity index (χ0) is 27.6. The van der Waals surface area contributed by atoms with E-state index in [0.29, 0.717) is 40.9 Å². The van der Waals surface area contributed by atoms with Crippen molar-refractivity contribution in [2.75, 3.05) is 26.4 Å². The number of halogens is 2. The van der Waals surface area contributed by atoms with E-state index in [2.05, 4.69) is 5.16 Å². The largest absolute Gasteiger partial charge is 0.384 e. The number of imide groups is 1. The molecule has 2 aliphatic heterocycles. The lowest BCUT2D eigenvalue weighted by atomic mass is 9.88. The Morgan fingerprint density at radius 1 is 1.18 bits per heavy atom. The number of likely N-dealkylation sites (N-methyl/N-ethyl adjacent to an activating group) is 1. The molecule has 0 aromatic heterocycles. The van der Waals surface area contributed by atoms with Gasteiger partial charge >= 0.3 is 0 Å². The van der Waals surface area contributed by atoms with E-state index in [0.717, 1.165) is 21.1 Å². The van der Waals surface area contributed by atoms with Gasteiger partial charge in [-0.2, -0.15) is 0 Å². The summed E-state index contributed by atoms with van der Waals surface area (Å²) in [6.07, 6.45) is 0.455. The van der Waals surface area contributed by atoms with Crippen molar-refractivity contribution in [2.45, 2.75) is 45.8 Å². The molecular weight excluding hydrogens is 533 g/mol. The van der Waals surface area contributed by atoms with Crippen molar-refractivity contribution in [1.82, 2.24) is 9.96 Å². The first-order chi connectivity index (χ1) is 18.1. The van der Waals surface area contributed by atoms with Crippen LogP contribution in [-0.4, -0.2) is 65.8 Å². The molecule has 0 radical (unpaired) electrons. The van der Waals surface area contributed by atoms with Crippen LogP contribution in [0.25, 0.3) is 0 Å². The maximum Gasteiger partial charge on any atom is 0.271 e. The van der Waals surface area contributed by atoms with E-state index in [1.807, 2.05) is 13.0 Å². The summed E-state index contributed by atoms with van der Waals surface area (Å²) in [5.74, 6) is -1.65. The minimum atomic E-state index is -1.06. The van der Waals surface area contributed by atoms with Crippen LogP contribution in [0, 0.1) is 6.92 Å². The number of hydroxylamine groups is 2. The summed E-state index contributed by atoms with van der Waals surface area (Å²) in [5.41, 5.74) is 2.38. The molecule has 2 heterocycles. The molecule has 2 aromatic rings. The molecule has 0 N–H and O–H groups in total. The summed E-state index contributed by atoms with van der Waals surface area (Å²) in [5, 5.41) is 6.45. The third-order valence-electron chi connectivity index (χ3n) is 6.56. The number of carbonyl (C=O) groups excluding carboxylic acids is 3. The Hall–Kier alpha value is -2.98. The number of oxime groups is 1. The van der Waals surface area contributed by atoms with Crippen LogP contribution in [0.3, 0.4) is 0 Å². The molecule has 3 amide bonds. The first-order valence-electron chi connectivity index (χ1n) is 12.3. The molecule has 1 unspecified atom stereocenters. The second-order valence-electron chi connectivity index (χ2n) is 9.28. The van der Waals surface area contributed by atoms with E-state index in [1.54, 1.807) is 51.1 Å². The van der Waals surface area contributed by atoms with Crippen LogP contribution in [0.1, 0.15) is 54.2 Å². The van der Waals surface area contributed by atoms with Crippen LogP contribution in [0.5, 0.6) is 0 Å². The summed E-state index contributed by atoms with van der Waals surface area (Å²) in [6, 6.07) is 9.35. The molecule has 4 rings (SSSR count). The highest BCUT2D eigenvalue weighted by molar-refractivity contribution is 6.34. The minimum absolute atomic E-state index is 0.104. The van der Waals surface area contributed by atoms with E-state index >= 15 is 0 Å². The number of aryl methyl sites for hydroxylation is 1. The third-order valence-corrected chi connectivity index (χ3v) is 7.00. The molecule has 2 atom stereocenters. The van der Waals surface area contributed by atoms with Crippen molar-refractivity contribution in [3.05, 3.63) is 68.7 Å². The van der Waals surface area contributed by atoms with Crippen molar-refractivity contribution < 1.29 is 28.8 Å². The van der Waals surface area contributed by atoms with E-state index in [4.69, 9.17) is 37.6 Å². The molecule has 0 bridgehead atoms. The average molecular weight is 562 g/mol. The quantitative estimate of drug-likeness (QED) is 0.470. The van der Waals surface area contributed by atoms with Gasteiger partial charge in [-0.3, -0.25) is 24.1 Å². The Kier molecular flexibility index (Phi) is 8.42. The van der Waals surface area contributed by atoms with Gasteiger partial charge in [0.1, 0.15) is 19.3 Å². The van der Waals surface area contributed by atoms with Gasteiger partial charge in [-0.15, -0.1) is 0 Å². The highest BCUT2D eigenvalue weighted by Gasteiger charge is 2.43. The molecular formula is C27H29Cl2N3O6. The molecule has 1 fully saturated rings. The molecule has 1 saturated heterocycles. The van der Waals surface area contributed by atoms with Gasteiger partial charge in [0.15, 0.2) is 5.60 Å². The van der Waals surface area contributed by atoms with Crippen LogP contribution in [0.2, 0.25) is 10.0 Å². The van der Waals surface area contributed by atoms with Gasteiger partial charge in [0.25, 0.3) is 17.7 Å². The Morgan fingerprint density at radius 3 is 2.50 bits per heavy atom. The molecule has 2 aliphatic rings. The van der Waals surface area contributed by atoms with Gasteiger partial charge in [0.2, 0.25) is 0 Å². The van der Waals surface area contributed by atoms with Gasteiger partial charge in [0, 0.05) is 40.7 Å². The fraction of sp³-hybridized carbons (Fsp3) is 0.407. The lowest BCUT2D eigenvalue weighted by molar-refractivity contribution is -0.161. The first kappa shape index (κ1) is 28.0. The van der Waals surface area contributed by atoms with Crippen molar-refractivity contribution in [1.29, 1.82) is 0 Å². The summed E-state index contributed by atoms with van der Waals surface area (Å²) in [6.45, 7) is 7.32. The molecule has 0 saturated carbocycles. The van der Waals surface area contributed by atoms with Crippen LogP contribution in [0.15, 0.2) is 41.6 Å². The lowest BCUT2D eigenvalue weighted by Crippen LogP contribution is -2.51. The fourth-order valence-electron chi connectivity index (χ4n) is 4.50. The Balaban J connectivity index is 1.58. The number of nitrogens with zero attached hydrogens (tertiary/aromatic N) is 3. The van der Waals surface area contributed by atoms with Crippen molar-refractivity contribution in [2.24, 2.45) is 5.16 Å².